The third-order valence-electron chi connectivity index (χ3n) is 10.8. The van der Waals surface area contributed by atoms with Gasteiger partial charge < -0.3 is 84.4 Å². The third-order valence-corrected chi connectivity index (χ3v) is 10.8. The van der Waals surface area contributed by atoms with Crippen LogP contribution in [0.5, 0.6) is 5.75 Å². The van der Waals surface area contributed by atoms with Crippen molar-refractivity contribution < 1.29 is 73.5 Å². The fourth-order valence-corrected chi connectivity index (χ4v) is 6.56. The molecule has 0 aliphatic carbocycles. The molecule has 0 bridgehead atoms. The van der Waals surface area contributed by atoms with Crippen LogP contribution >= 0.6 is 0 Å². The number of aliphatic hydroxyl groups is 3. The molecule has 26 nitrogen and oxygen atoms in total. The smallest absolute Gasteiger partial charge is 0.328 e. The first-order valence-electron chi connectivity index (χ1n) is 22.2. The van der Waals surface area contributed by atoms with Crippen molar-refractivity contribution in [3.8, 4) is 5.75 Å². The van der Waals surface area contributed by atoms with Crippen LogP contribution in [-0.2, 0) is 54.4 Å². The normalized spacial score (nSPS) is 16.7. The summed E-state index contributed by atoms with van der Waals surface area (Å²) in [6, 6.07) is -4.85. The number of nitrogens with two attached hydrogens (primary N) is 1. The lowest BCUT2D eigenvalue weighted by Crippen LogP contribution is -2.60. The topological polar surface area (TPSA) is 418 Å². The van der Waals surface area contributed by atoms with E-state index in [4.69, 9.17) is 10.8 Å². The quantitative estimate of drug-likeness (QED) is 0.0319. The minimum atomic E-state index is -1.66. The molecule has 17 N–H and O–H groups in total. The minimum absolute atomic E-state index is 0.0419. The second kappa shape index (κ2) is 30.0. The minimum Gasteiger partial charge on any atom is -0.508 e. The molecule has 1 heterocycles. The highest BCUT2D eigenvalue weighted by Gasteiger charge is 2.34. The van der Waals surface area contributed by atoms with Gasteiger partial charge in [0.15, 0.2) is 0 Å². The second-order valence-corrected chi connectivity index (χ2v) is 16.2. The summed E-state index contributed by atoms with van der Waals surface area (Å²) in [7, 11) is 0. The van der Waals surface area contributed by atoms with E-state index in [2.05, 4.69) is 53.2 Å². The van der Waals surface area contributed by atoms with Gasteiger partial charge in [-0.05, 0) is 75.7 Å². The maximum Gasteiger partial charge on any atom is 0.328 e. The Hall–Kier alpha value is -6.48. The highest BCUT2D eigenvalue weighted by Crippen LogP contribution is 2.13. The van der Waals surface area contributed by atoms with Gasteiger partial charge in [-0.1, -0.05) is 32.4 Å². The molecule has 0 aromatic heterocycles. The molecular formula is C42H67N11O15. The van der Waals surface area contributed by atoms with Gasteiger partial charge in [-0.25, -0.2) is 4.79 Å². The van der Waals surface area contributed by atoms with E-state index < -0.39 is 146 Å². The average Bonchev–Trinajstić information content (AvgIpc) is 3.87. The monoisotopic (exact) mass is 965 g/mol. The molecule has 0 radical (unpaired) electrons. The van der Waals surface area contributed by atoms with Crippen LogP contribution in [-0.4, -0.2) is 179 Å². The third kappa shape index (κ3) is 19.8. The number of aliphatic carboxylic acids is 1. The number of benzene rings is 1. The van der Waals surface area contributed by atoms with Gasteiger partial charge in [0.2, 0.25) is 53.2 Å². The molecule has 0 unspecified atom stereocenters. The van der Waals surface area contributed by atoms with Gasteiger partial charge in [-0.2, -0.15) is 0 Å². The molecule has 1 aliphatic heterocycles. The number of nitrogens with one attached hydrogen (secondary N) is 10. The van der Waals surface area contributed by atoms with Crippen molar-refractivity contribution in [3.05, 3.63) is 29.8 Å². The molecule has 26 heteroatoms. The number of unbranched alkanes of at least 4 members (excludes halogenated alkanes) is 1. The Kier molecular flexibility index (Phi) is 25.4. The molecule has 1 aromatic carbocycles. The van der Waals surface area contributed by atoms with Gasteiger partial charge in [0.05, 0.1) is 39.0 Å². The van der Waals surface area contributed by atoms with Crippen molar-refractivity contribution in [1.82, 2.24) is 53.2 Å². The predicted molar refractivity (Wildman–Crippen MR) is 239 cm³/mol. The SMILES string of the molecule is CC[C@H](C)[C@H](NC(=O)[C@H](CO)NC(=O)CNC(=O)[C@H](Cc1ccc(O)cc1)NC(=O)CNC(=O)[C@H](CO)NC(=O)[C@@H]1CCCN1)C(=O)N[C@@H](CCCCN)C(=O)N[C@@H](C)C(=O)N[C@@H](CO)C(=O)O. The maximum absolute atomic E-state index is 13.7. The summed E-state index contributed by atoms with van der Waals surface area (Å²) in [5.74, 6) is -9.89. The molecule has 9 amide bonds. The number of hydrogen-bond acceptors (Lipinski definition) is 16. The van der Waals surface area contributed by atoms with Gasteiger partial charge in [0.1, 0.15) is 48.0 Å². The van der Waals surface area contributed by atoms with Crippen LogP contribution in [0, 0.1) is 5.92 Å². The number of phenols is 1. The van der Waals surface area contributed by atoms with E-state index in [1.807, 2.05) is 0 Å². The number of phenolic OH excluding ortho intramolecular Hbond substituents is 1. The van der Waals surface area contributed by atoms with Gasteiger partial charge in [-0.15, -0.1) is 0 Å². The number of hydrogen-bond donors (Lipinski definition) is 16. The summed E-state index contributed by atoms with van der Waals surface area (Å²) in [6.07, 6.45) is 2.31. The Morgan fingerprint density at radius 1 is 0.662 bits per heavy atom. The summed E-state index contributed by atoms with van der Waals surface area (Å²) >= 11 is 0. The molecule has 0 saturated carbocycles. The van der Waals surface area contributed by atoms with Crippen LogP contribution in [0.1, 0.15) is 64.9 Å². The van der Waals surface area contributed by atoms with Crippen LogP contribution in [0.2, 0.25) is 0 Å². The Bertz CT molecular complexity index is 1880. The zero-order valence-corrected chi connectivity index (χ0v) is 38.3. The van der Waals surface area contributed by atoms with Crippen LogP contribution < -0.4 is 58.9 Å². The van der Waals surface area contributed by atoms with Crippen molar-refractivity contribution in [1.29, 1.82) is 0 Å². The van der Waals surface area contributed by atoms with Crippen LogP contribution in [0.25, 0.3) is 0 Å². The number of carboxylic acid groups (broad SMARTS) is 1. The number of carboxylic acids is 1. The first kappa shape index (κ1) is 57.6. The number of carbonyl (C=O) groups excluding carboxylic acids is 9. The van der Waals surface area contributed by atoms with Crippen molar-refractivity contribution in [2.75, 3.05) is 46.0 Å². The summed E-state index contributed by atoms with van der Waals surface area (Å²) in [5.41, 5.74) is 6.07. The largest absolute Gasteiger partial charge is 0.508 e. The Morgan fingerprint density at radius 3 is 1.74 bits per heavy atom. The number of carbonyl (C=O) groups is 10. The van der Waals surface area contributed by atoms with Crippen molar-refractivity contribution in [2.45, 2.75) is 114 Å². The zero-order chi connectivity index (χ0) is 50.9. The molecule has 9 atom stereocenters. The van der Waals surface area contributed by atoms with Crippen LogP contribution in [0.3, 0.4) is 0 Å². The van der Waals surface area contributed by atoms with E-state index in [1.165, 1.54) is 31.2 Å². The molecule has 0 spiro atoms. The molecule has 1 fully saturated rings. The van der Waals surface area contributed by atoms with Gasteiger partial charge >= 0.3 is 5.97 Å². The van der Waals surface area contributed by atoms with Gasteiger partial charge in [0.25, 0.3) is 0 Å². The van der Waals surface area contributed by atoms with Crippen molar-refractivity contribution >= 4 is 59.1 Å². The number of amides is 9. The van der Waals surface area contributed by atoms with E-state index in [0.29, 0.717) is 37.8 Å². The van der Waals surface area contributed by atoms with E-state index in [0.717, 1.165) is 6.42 Å². The summed E-state index contributed by atoms with van der Waals surface area (Å²) in [4.78, 5) is 129. The number of aromatic hydroxyl groups is 1. The Morgan fingerprint density at radius 2 is 1.21 bits per heavy atom. The van der Waals surface area contributed by atoms with Gasteiger partial charge in [-0.3, -0.25) is 43.2 Å². The molecule has 2 rings (SSSR count). The van der Waals surface area contributed by atoms with Crippen molar-refractivity contribution in [2.24, 2.45) is 11.7 Å². The predicted octanol–water partition coefficient (Wildman–Crippen LogP) is -6.43. The van der Waals surface area contributed by atoms with Crippen LogP contribution in [0.4, 0.5) is 0 Å². The number of rotatable bonds is 30. The van der Waals surface area contributed by atoms with E-state index in [9.17, 15) is 68.4 Å². The van der Waals surface area contributed by atoms with Crippen molar-refractivity contribution in [3.63, 3.8) is 0 Å². The highest BCUT2D eigenvalue weighted by atomic mass is 16.4. The Labute approximate surface area is 392 Å². The lowest BCUT2D eigenvalue weighted by molar-refractivity contribution is -0.143. The lowest BCUT2D eigenvalue weighted by atomic mass is 9.97. The summed E-state index contributed by atoms with van der Waals surface area (Å²) in [6.45, 7) is 1.36. The molecule has 1 saturated heterocycles. The second-order valence-electron chi connectivity index (χ2n) is 16.2. The fraction of sp³-hybridized carbons (Fsp3) is 0.619. The maximum atomic E-state index is 13.7. The molecule has 1 aromatic rings. The fourth-order valence-electron chi connectivity index (χ4n) is 6.56. The highest BCUT2D eigenvalue weighted by molar-refractivity contribution is 5.97. The molecule has 380 valence electrons. The first-order chi connectivity index (χ1) is 32.3. The summed E-state index contributed by atoms with van der Waals surface area (Å²) in [5, 5.41) is 72.1. The average molecular weight is 966 g/mol. The van der Waals surface area contributed by atoms with Crippen LogP contribution in [0.15, 0.2) is 24.3 Å². The summed E-state index contributed by atoms with van der Waals surface area (Å²) < 4.78 is 0. The molecule has 68 heavy (non-hydrogen) atoms. The van der Waals surface area contributed by atoms with E-state index in [-0.39, 0.29) is 25.1 Å². The standard InChI is InChI=1S/C42H67N11O15/c1-4-22(2)34(41(66)50-27(8-5-6-14-43)39(64)47-23(3)35(60)52-31(21-56)42(67)68)53-40(65)30(20-55)49-33(59)18-45-36(61)28(16-24-10-12-25(57)13-11-24)48-32(58)17-46-37(62)29(19-54)51-38(63)26-9-7-15-44-26/h10-13,22-23,26-31,34,44,54-57H,4-9,14-21,43H2,1-3H3,(H,45,61)(H,46,62)(H,47,64)(H,48,58)(H,49,59)(H,50,66)(H,51,63)(H,52,60)(H,53,65)(H,67,68)/t22-,23-,26-,27-,28-,29-,30-,31-,34-/m0/s1. The Balaban J connectivity index is 2.10. The molecule has 1 aliphatic rings. The zero-order valence-electron chi connectivity index (χ0n) is 38.3. The lowest BCUT2D eigenvalue weighted by Gasteiger charge is -2.28. The molecular weight excluding hydrogens is 899 g/mol. The number of aliphatic hydroxyl groups excluding tert-OH is 3. The van der Waals surface area contributed by atoms with Gasteiger partial charge in [0, 0.05) is 6.42 Å². The van der Waals surface area contributed by atoms with E-state index in [1.54, 1.807) is 13.8 Å². The first-order valence-corrected chi connectivity index (χ1v) is 22.2. The van der Waals surface area contributed by atoms with E-state index >= 15 is 0 Å².